The summed E-state index contributed by atoms with van der Waals surface area (Å²) in [5.74, 6) is 0. The number of thiophene rings is 1. The van der Waals surface area contributed by atoms with Crippen LogP contribution in [0.1, 0.15) is 0 Å². The Morgan fingerprint density at radius 3 is 1.92 bits per heavy atom. The first-order valence-electron chi connectivity index (χ1n) is 4.01. The molecule has 0 aliphatic rings. The number of aromatic nitrogens is 2. The second-order valence-corrected chi connectivity index (χ2v) is 3.93. The summed E-state index contributed by atoms with van der Waals surface area (Å²) in [7, 11) is 0. The Kier molecular flexibility index (Phi) is 1.34. The van der Waals surface area contributed by atoms with E-state index in [-0.39, 0.29) is 0 Å². The number of pyridine rings is 2. The second-order valence-electron chi connectivity index (χ2n) is 2.85. The van der Waals surface area contributed by atoms with Gasteiger partial charge in [-0.05, 0) is 12.1 Å². The summed E-state index contributed by atoms with van der Waals surface area (Å²) in [5, 5.41) is 2.55. The van der Waals surface area contributed by atoms with Crippen molar-refractivity contribution in [1.29, 1.82) is 0 Å². The van der Waals surface area contributed by atoms with E-state index in [0.29, 0.717) is 0 Å². The summed E-state index contributed by atoms with van der Waals surface area (Å²) in [6, 6.07) is 4.10. The fraction of sp³-hybridized carbons (Fsp3) is 0. The molecular weight excluding hydrogens is 180 g/mol. The van der Waals surface area contributed by atoms with Crippen molar-refractivity contribution >= 4 is 31.5 Å². The Morgan fingerprint density at radius 2 is 1.38 bits per heavy atom. The summed E-state index contributed by atoms with van der Waals surface area (Å²) >= 11 is 1.74. The predicted molar refractivity (Wildman–Crippen MR) is 54.9 cm³/mol. The van der Waals surface area contributed by atoms with Gasteiger partial charge < -0.3 is 0 Å². The van der Waals surface area contributed by atoms with Crippen LogP contribution in [0, 0.1) is 0 Å². The van der Waals surface area contributed by atoms with Crippen LogP contribution in [0.25, 0.3) is 20.2 Å². The molecule has 0 aromatic carbocycles. The summed E-state index contributed by atoms with van der Waals surface area (Å²) in [6.45, 7) is 0. The molecule has 3 heterocycles. The van der Waals surface area contributed by atoms with Crippen molar-refractivity contribution in [2.75, 3.05) is 0 Å². The van der Waals surface area contributed by atoms with Gasteiger partial charge in [0.1, 0.15) is 0 Å². The zero-order valence-corrected chi connectivity index (χ0v) is 7.58. The topological polar surface area (TPSA) is 25.8 Å². The Balaban J connectivity index is 2.64. The molecule has 3 aromatic rings. The van der Waals surface area contributed by atoms with E-state index in [1.54, 1.807) is 11.3 Å². The van der Waals surface area contributed by atoms with Crippen LogP contribution >= 0.6 is 11.3 Å². The third-order valence-electron chi connectivity index (χ3n) is 2.08. The summed E-state index contributed by atoms with van der Waals surface area (Å²) in [4.78, 5) is 8.20. The van der Waals surface area contributed by atoms with Gasteiger partial charge in [0.2, 0.25) is 0 Å². The highest BCUT2D eigenvalue weighted by molar-refractivity contribution is 7.25. The lowest BCUT2D eigenvalue weighted by Gasteiger charge is -1.87. The van der Waals surface area contributed by atoms with Gasteiger partial charge in [-0.1, -0.05) is 0 Å². The number of nitrogens with zero attached hydrogens (tertiary/aromatic N) is 2. The molecule has 0 spiro atoms. The molecule has 0 N–H and O–H groups in total. The minimum Gasteiger partial charge on any atom is -0.263 e. The van der Waals surface area contributed by atoms with Gasteiger partial charge in [0.25, 0.3) is 0 Å². The average molecular weight is 186 g/mol. The lowest BCUT2D eigenvalue weighted by molar-refractivity contribution is 1.37. The molecule has 13 heavy (non-hydrogen) atoms. The van der Waals surface area contributed by atoms with E-state index in [9.17, 15) is 0 Å². The fourth-order valence-electron chi connectivity index (χ4n) is 1.49. The molecule has 0 bridgehead atoms. The van der Waals surface area contributed by atoms with Crippen LogP contribution in [-0.4, -0.2) is 9.97 Å². The largest absolute Gasteiger partial charge is 0.263 e. The van der Waals surface area contributed by atoms with E-state index in [1.165, 1.54) is 20.2 Å². The highest BCUT2D eigenvalue weighted by Gasteiger charge is 2.02. The standard InChI is InChI=1S/C10H6N2S/c1-3-11-5-9-7(1)8-2-4-12-6-10(8)13-9/h1-6H. The minimum absolute atomic E-state index is 1.23. The zero-order chi connectivity index (χ0) is 8.67. The van der Waals surface area contributed by atoms with Gasteiger partial charge in [-0.3, -0.25) is 9.97 Å². The van der Waals surface area contributed by atoms with Crippen LogP contribution in [-0.2, 0) is 0 Å². The fourth-order valence-corrected chi connectivity index (χ4v) is 2.53. The third kappa shape index (κ3) is 0.939. The van der Waals surface area contributed by atoms with Crippen molar-refractivity contribution in [3.8, 4) is 0 Å². The maximum absolute atomic E-state index is 4.10. The second kappa shape index (κ2) is 2.50. The molecule has 0 fully saturated rings. The van der Waals surface area contributed by atoms with Crippen molar-refractivity contribution < 1.29 is 0 Å². The van der Waals surface area contributed by atoms with Crippen molar-refractivity contribution in [2.24, 2.45) is 0 Å². The SMILES string of the molecule is c1cc2c(cn1)sc1cnccc12. The van der Waals surface area contributed by atoms with E-state index < -0.39 is 0 Å². The minimum atomic E-state index is 1.23. The predicted octanol–water partition coefficient (Wildman–Crippen LogP) is 2.84. The van der Waals surface area contributed by atoms with Gasteiger partial charge >= 0.3 is 0 Å². The van der Waals surface area contributed by atoms with Crippen LogP contribution in [0.15, 0.2) is 36.9 Å². The molecule has 0 saturated carbocycles. The van der Waals surface area contributed by atoms with E-state index in [0.717, 1.165) is 0 Å². The Hall–Kier alpha value is -1.48. The number of hydrogen-bond donors (Lipinski definition) is 0. The highest BCUT2D eigenvalue weighted by Crippen LogP contribution is 2.31. The normalized spacial score (nSPS) is 11.1. The lowest BCUT2D eigenvalue weighted by atomic mass is 10.2. The molecule has 3 rings (SSSR count). The first kappa shape index (κ1) is 6.97. The lowest BCUT2D eigenvalue weighted by Crippen LogP contribution is -1.69. The quantitative estimate of drug-likeness (QED) is 0.539. The molecule has 62 valence electrons. The number of hydrogen-bond acceptors (Lipinski definition) is 3. The molecule has 0 aliphatic heterocycles. The highest BCUT2D eigenvalue weighted by atomic mass is 32.1. The van der Waals surface area contributed by atoms with Gasteiger partial charge in [-0.15, -0.1) is 11.3 Å². The zero-order valence-electron chi connectivity index (χ0n) is 6.77. The molecule has 0 unspecified atom stereocenters. The Morgan fingerprint density at radius 1 is 0.846 bits per heavy atom. The van der Waals surface area contributed by atoms with Crippen LogP contribution in [0.2, 0.25) is 0 Å². The van der Waals surface area contributed by atoms with Gasteiger partial charge in [-0.2, -0.15) is 0 Å². The van der Waals surface area contributed by atoms with Gasteiger partial charge in [0.15, 0.2) is 0 Å². The smallest absolute Gasteiger partial charge is 0.0539 e. The average Bonchev–Trinajstić information content (AvgIpc) is 2.56. The Bertz CT molecular complexity index is 521. The van der Waals surface area contributed by atoms with Crippen LogP contribution in [0.3, 0.4) is 0 Å². The van der Waals surface area contributed by atoms with Gasteiger partial charge in [0, 0.05) is 35.6 Å². The molecule has 0 saturated heterocycles. The molecule has 3 aromatic heterocycles. The van der Waals surface area contributed by atoms with Crippen LogP contribution in [0.4, 0.5) is 0 Å². The Labute approximate surface area is 78.9 Å². The van der Waals surface area contributed by atoms with Crippen LogP contribution in [0.5, 0.6) is 0 Å². The van der Waals surface area contributed by atoms with Crippen molar-refractivity contribution in [1.82, 2.24) is 9.97 Å². The molecule has 0 aliphatic carbocycles. The van der Waals surface area contributed by atoms with Crippen molar-refractivity contribution in [3.05, 3.63) is 36.9 Å². The van der Waals surface area contributed by atoms with Crippen LogP contribution < -0.4 is 0 Å². The number of rotatable bonds is 0. The summed E-state index contributed by atoms with van der Waals surface area (Å²) < 4.78 is 2.45. The van der Waals surface area contributed by atoms with E-state index in [1.807, 2.05) is 36.9 Å². The summed E-state index contributed by atoms with van der Waals surface area (Å²) in [5.41, 5.74) is 0. The monoisotopic (exact) mass is 186 g/mol. The number of fused-ring (bicyclic) bond motifs is 3. The van der Waals surface area contributed by atoms with E-state index in [4.69, 9.17) is 0 Å². The van der Waals surface area contributed by atoms with Gasteiger partial charge in [0.05, 0.1) is 9.40 Å². The molecular formula is C10H6N2S. The first-order chi connectivity index (χ1) is 6.45. The molecule has 0 amide bonds. The maximum atomic E-state index is 4.10. The van der Waals surface area contributed by atoms with E-state index >= 15 is 0 Å². The van der Waals surface area contributed by atoms with Gasteiger partial charge in [-0.25, -0.2) is 0 Å². The molecule has 2 nitrogen and oxygen atoms in total. The molecule has 0 atom stereocenters. The summed E-state index contributed by atoms with van der Waals surface area (Å²) in [6.07, 6.45) is 7.46. The van der Waals surface area contributed by atoms with Crippen molar-refractivity contribution in [3.63, 3.8) is 0 Å². The molecule has 3 heteroatoms. The molecule has 0 radical (unpaired) electrons. The van der Waals surface area contributed by atoms with Crippen molar-refractivity contribution in [2.45, 2.75) is 0 Å². The first-order valence-corrected chi connectivity index (χ1v) is 4.83. The maximum Gasteiger partial charge on any atom is 0.0539 e. The van der Waals surface area contributed by atoms with E-state index in [2.05, 4.69) is 9.97 Å². The third-order valence-corrected chi connectivity index (χ3v) is 3.17.